The summed E-state index contributed by atoms with van der Waals surface area (Å²) in [4.78, 5) is 2.37. The van der Waals surface area contributed by atoms with Gasteiger partial charge >= 0.3 is 0 Å². The van der Waals surface area contributed by atoms with Gasteiger partial charge in [0.2, 0.25) is 0 Å². The van der Waals surface area contributed by atoms with Crippen LogP contribution >= 0.6 is 0 Å². The zero-order valence-electron chi connectivity index (χ0n) is 7.31. The number of nitrogens with zero attached hydrogens (tertiary/aromatic N) is 1. The summed E-state index contributed by atoms with van der Waals surface area (Å²) < 4.78 is 5.28. The second kappa shape index (κ2) is 3.17. The second-order valence-corrected chi connectivity index (χ2v) is 3.38. The van der Waals surface area contributed by atoms with E-state index in [-0.39, 0.29) is 12.7 Å². The molecular formula is C9H15NO2. The predicted molar refractivity (Wildman–Crippen MR) is 45.9 cm³/mol. The Morgan fingerprint density at radius 2 is 2.33 bits per heavy atom. The third kappa shape index (κ3) is 1.18. The van der Waals surface area contributed by atoms with Crippen molar-refractivity contribution >= 4 is 0 Å². The summed E-state index contributed by atoms with van der Waals surface area (Å²) in [6, 6.07) is 1.17. The van der Waals surface area contributed by atoms with E-state index in [0.29, 0.717) is 12.1 Å². The summed E-state index contributed by atoms with van der Waals surface area (Å²) in [5, 5.41) is 8.65. The molecule has 1 aliphatic carbocycles. The van der Waals surface area contributed by atoms with Crippen LogP contribution < -0.4 is 0 Å². The number of rotatable bonds is 4. The lowest BCUT2D eigenvalue weighted by molar-refractivity contribution is 0.127. The van der Waals surface area contributed by atoms with Crippen LogP contribution in [-0.2, 0) is 4.74 Å². The van der Waals surface area contributed by atoms with Gasteiger partial charge in [-0.3, -0.25) is 4.90 Å². The zero-order chi connectivity index (χ0) is 8.55. The standard InChI is InChI=1S/C9H15NO2/c1-12-8-4-3-7-9(8)10(7)5-2-6-11/h3-4,7-9,11H,2,5-6H2,1H3/t7-,8-,9-,10?/m1/s1. The maximum atomic E-state index is 8.65. The maximum absolute atomic E-state index is 8.65. The fourth-order valence-corrected chi connectivity index (χ4v) is 2.03. The smallest absolute Gasteiger partial charge is 0.0926 e. The summed E-state index contributed by atoms with van der Waals surface area (Å²) in [6.45, 7) is 1.29. The molecule has 1 aliphatic heterocycles. The maximum Gasteiger partial charge on any atom is 0.0926 e. The summed E-state index contributed by atoms with van der Waals surface area (Å²) in [5.41, 5.74) is 0. The molecule has 0 aromatic rings. The van der Waals surface area contributed by atoms with Crippen LogP contribution in [-0.4, -0.2) is 48.5 Å². The van der Waals surface area contributed by atoms with E-state index in [9.17, 15) is 0 Å². The SMILES string of the molecule is CO[C@@H]1C=C[C@@H]2[C@H]1N2CCCO. The van der Waals surface area contributed by atoms with Crippen LogP contribution in [0.1, 0.15) is 6.42 Å². The molecule has 12 heavy (non-hydrogen) atoms. The van der Waals surface area contributed by atoms with E-state index < -0.39 is 0 Å². The Kier molecular flexibility index (Phi) is 2.17. The fourth-order valence-electron chi connectivity index (χ4n) is 2.03. The van der Waals surface area contributed by atoms with E-state index in [1.807, 2.05) is 0 Å². The molecule has 0 aromatic heterocycles. The first-order chi connectivity index (χ1) is 5.88. The fraction of sp³-hybridized carbons (Fsp3) is 0.778. The predicted octanol–water partition coefficient (Wildman–Crippen LogP) is 0.00640. The van der Waals surface area contributed by atoms with Crippen molar-refractivity contribution < 1.29 is 9.84 Å². The highest BCUT2D eigenvalue weighted by molar-refractivity contribution is 5.27. The van der Waals surface area contributed by atoms with E-state index >= 15 is 0 Å². The van der Waals surface area contributed by atoms with Crippen LogP contribution in [0.4, 0.5) is 0 Å². The highest BCUT2D eigenvalue weighted by atomic mass is 16.5. The number of hydrogen-bond acceptors (Lipinski definition) is 3. The molecule has 1 N–H and O–H groups in total. The molecule has 1 heterocycles. The largest absolute Gasteiger partial charge is 0.396 e. The van der Waals surface area contributed by atoms with E-state index in [1.165, 1.54) is 0 Å². The van der Waals surface area contributed by atoms with Crippen molar-refractivity contribution in [3.05, 3.63) is 12.2 Å². The Bertz CT molecular complexity index is 193. The number of hydrogen-bond donors (Lipinski definition) is 1. The molecule has 2 aliphatic rings. The number of ether oxygens (including phenoxy) is 1. The van der Waals surface area contributed by atoms with Gasteiger partial charge in [0.15, 0.2) is 0 Å². The Hall–Kier alpha value is -0.380. The van der Waals surface area contributed by atoms with Crippen LogP contribution in [0, 0.1) is 0 Å². The Balaban J connectivity index is 1.81. The minimum atomic E-state index is 0.286. The third-order valence-electron chi connectivity index (χ3n) is 2.71. The molecule has 3 heteroatoms. The topological polar surface area (TPSA) is 32.5 Å². The van der Waals surface area contributed by atoms with Crippen molar-refractivity contribution in [2.75, 3.05) is 20.3 Å². The molecule has 0 saturated carbocycles. The molecule has 0 radical (unpaired) electrons. The van der Waals surface area contributed by atoms with Gasteiger partial charge in [0.25, 0.3) is 0 Å². The first kappa shape index (κ1) is 8.23. The molecule has 0 spiro atoms. The van der Waals surface area contributed by atoms with Crippen molar-refractivity contribution in [1.29, 1.82) is 0 Å². The average molecular weight is 169 g/mol. The van der Waals surface area contributed by atoms with Crippen LogP contribution in [0.3, 0.4) is 0 Å². The van der Waals surface area contributed by atoms with E-state index in [2.05, 4.69) is 17.1 Å². The molecule has 1 saturated heterocycles. The Morgan fingerprint density at radius 3 is 3.00 bits per heavy atom. The quantitative estimate of drug-likeness (QED) is 0.475. The summed E-state index contributed by atoms with van der Waals surface area (Å²) in [7, 11) is 1.75. The normalized spacial score (nSPS) is 43.2. The minimum absolute atomic E-state index is 0.286. The van der Waals surface area contributed by atoms with Crippen molar-refractivity contribution in [3.63, 3.8) is 0 Å². The van der Waals surface area contributed by atoms with Crippen LogP contribution in [0.5, 0.6) is 0 Å². The highest BCUT2D eigenvalue weighted by Crippen LogP contribution is 2.38. The van der Waals surface area contributed by atoms with Crippen molar-refractivity contribution in [3.8, 4) is 0 Å². The lowest BCUT2D eigenvalue weighted by atomic mass is 10.3. The van der Waals surface area contributed by atoms with Crippen molar-refractivity contribution in [1.82, 2.24) is 4.90 Å². The first-order valence-electron chi connectivity index (χ1n) is 4.46. The van der Waals surface area contributed by atoms with E-state index in [1.54, 1.807) is 7.11 Å². The monoisotopic (exact) mass is 169 g/mol. The lowest BCUT2D eigenvalue weighted by Gasteiger charge is -2.09. The van der Waals surface area contributed by atoms with Gasteiger partial charge in [0.05, 0.1) is 12.1 Å². The minimum Gasteiger partial charge on any atom is -0.396 e. The lowest BCUT2D eigenvalue weighted by Crippen LogP contribution is -2.19. The molecular weight excluding hydrogens is 154 g/mol. The molecule has 0 amide bonds. The molecule has 2 rings (SSSR count). The number of methoxy groups -OCH3 is 1. The zero-order valence-corrected chi connectivity index (χ0v) is 7.31. The van der Waals surface area contributed by atoms with Gasteiger partial charge in [-0.2, -0.15) is 0 Å². The molecule has 3 nitrogen and oxygen atoms in total. The third-order valence-corrected chi connectivity index (χ3v) is 2.71. The van der Waals surface area contributed by atoms with Gasteiger partial charge in [0.1, 0.15) is 0 Å². The van der Waals surface area contributed by atoms with E-state index in [0.717, 1.165) is 13.0 Å². The molecule has 68 valence electrons. The van der Waals surface area contributed by atoms with Gasteiger partial charge < -0.3 is 9.84 Å². The average Bonchev–Trinajstić information content (AvgIpc) is 2.59. The summed E-state index contributed by atoms with van der Waals surface area (Å²) in [5.74, 6) is 0. The van der Waals surface area contributed by atoms with Gasteiger partial charge in [0, 0.05) is 26.3 Å². The van der Waals surface area contributed by atoms with Crippen LogP contribution in [0.25, 0.3) is 0 Å². The molecule has 0 bridgehead atoms. The Morgan fingerprint density at radius 1 is 1.50 bits per heavy atom. The number of aliphatic hydroxyl groups is 1. The van der Waals surface area contributed by atoms with Gasteiger partial charge in [-0.05, 0) is 6.42 Å². The molecule has 4 atom stereocenters. The van der Waals surface area contributed by atoms with Gasteiger partial charge in [-0.1, -0.05) is 12.2 Å². The summed E-state index contributed by atoms with van der Waals surface area (Å²) >= 11 is 0. The van der Waals surface area contributed by atoms with Gasteiger partial charge in [-0.25, -0.2) is 0 Å². The first-order valence-corrected chi connectivity index (χ1v) is 4.46. The second-order valence-electron chi connectivity index (χ2n) is 3.38. The highest BCUT2D eigenvalue weighted by Gasteiger charge is 2.52. The van der Waals surface area contributed by atoms with Crippen LogP contribution in [0.2, 0.25) is 0 Å². The molecule has 0 aromatic carbocycles. The van der Waals surface area contributed by atoms with E-state index in [4.69, 9.17) is 9.84 Å². The van der Waals surface area contributed by atoms with Crippen molar-refractivity contribution in [2.24, 2.45) is 0 Å². The Labute approximate surface area is 72.6 Å². The van der Waals surface area contributed by atoms with Gasteiger partial charge in [-0.15, -0.1) is 0 Å². The number of aliphatic hydroxyl groups excluding tert-OH is 1. The van der Waals surface area contributed by atoms with Crippen molar-refractivity contribution in [2.45, 2.75) is 24.6 Å². The summed E-state index contributed by atoms with van der Waals surface area (Å²) in [6.07, 6.45) is 5.49. The molecule has 1 unspecified atom stereocenters. The van der Waals surface area contributed by atoms with Crippen LogP contribution in [0.15, 0.2) is 12.2 Å². The molecule has 1 fully saturated rings. The number of fused-ring (bicyclic) bond motifs is 1.